The zero-order valence-electron chi connectivity index (χ0n) is 16.7. The number of nitrogens with zero attached hydrogens (tertiary/aromatic N) is 2. The lowest BCUT2D eigenvalue weighted by atomic mass is 9.89. The van der Waals surface area contributed by atoms with E-state index in [1.165, 1.54) is 0 Å². The molecule has 2 heterocycles. The SMILES string of the molecule is CCNC(=O)c1ccc2c(c1)CN(C1=NOC(c3cc(Cl)c(F)c(Cl)c3)(C(F)(F)F)C1)C2. The highest BCUT2D eigenvalue weighted by atomic mass is 35.5. The topological polar surface area (TPSA) is 53.9 Å². The largest absolute Gasteiger partial charge is 0.435 e. The summed E-state index contributed by atoms with van der Waals surface area (Å²) in [6.45, 7) is 2.86. The van der Waals surface area contributed by atoms with Crippen molar-refractivity contribution in [3.8, 4) is 0 Å². The number of fused-ring (bicyclic) bond motifs is 1. The van der Waals surface area contributed by atoms with Crippen LogP contribution in [-0.4, -0.2) is 29.4 Å². The van der Waals surface area contributed by atoms with Crippen LogP contribution in [0.2, 0.25) is 10.0 Å². The van der Waals surface area contributed by atoms with E-state index in [4.69, 9.17) is 28.0 Å². The van der Waals surface area contributed by atoms with Crippen molar-refractivity contribution < 1.29 is 27.2 Å². The molecule has 1 N–H and O–H groups in total. The van der Waals surface area contributed by atoms with Gasteiger partial charge < -0.3 is 15.1 Å². The third kappa shape index (κ3) is 3.77. The van der Waals surface area contributed by atoms with Crippen molar-refractivity contribution in [3.63, 3.8) is 0 Å². The van der Waals surface area contributed by atoms with Crippen LogP contribution in [0.4, 0.5) is 17.6 Å². The number of nitrogens with one attached hydrogen (secondary N) is 1. The van der Waals surface area contributed by atoms with Crippen molar-refractivity contribution in [3.05, 3.63) is 68.4 Å². The lowest BCUT2D eigenvalue weighted by molar-refractivity contribution is -0.275. The van der Waals surface area contributed by atoms with Crippen molar-refractivity contribution in [2.45, 2.75) is 38.2 Å². The van der Waals surface area contributed by atoms with Crippen LogP contribution in [0.1, 0.15) is 40.4 Å². The number of carbonyl (C=O) groups excluding carboxylic acids is 1. The second-order valence-electron chi connectivity index (χ2n) is 7.55. The Labute approximate surface area is 190 Å². The van der Waals surface area contributed by atoms with E-state index in [2.05, 4.69) is 10.5 Å². The number of carbonyl (C=O) groups is 1. The second kappa shape index (κ2) is 8.12. The Morgan fingerprint density at radius 3 is 2.47 bits per heavy atom. The maximum atomic E-state index is 14.2. The fraction of sp³-hybridized carbons (Fsp3) is 0.333. The highest BCUT2D eigenvalue weighted by Gasteiger charge is 2.63. The van der Waals surface area contributed by atoms with Crippen LogP contribution >= 0.6 is 23.2 Å². The molecule has 1 amide bonds. The number of halogens is 6. The Morgan fingerprint density at radius 2 is 1.84 bits per heavy atom. The lowest BCUT2D eigenvalue weighted by Gasteiger charge is -2.30. The van der Waals surface area contributed by atoms with E-state index in [9.17, 15) is 22.4 Å². The summed E-state index contributed by atoms with van der Waals surface area (Å²) in [5.41, 5.74) is -1.12. The van der Waals surface area contributed by atoms with Gasteiger partial charge in [0.25, 0.3) is 11.5 Å². The Bertz CT molecular complexity index is 1100. The first-order chi connectivity index (χ1) is 15.1. The highest BCUT2D eigenvalue weighted by molar-refractivity contribution is 6.35. The van der Waals surface area contributed by atoms with Gasteiger partial charge in [-0.25, -0.2) is 4.39 Å². The third-order valence-corrected chi connectivity index (χ3v) is 6.07. The molecule has 0 radical (unpaired) electrons. The van der Waals surface area contributed by atoms with E-state index in [-0.39, 0.29) is 18.3 Å². The summed E-state index contributed by atoms with van der Waals surface area (Å²) in [5, 5.41) is 5.35. The normalized spacial score (nSPS) is 20.1. The number of amides is 1. The first-order valence-electron chi connectivity index (χ1n) is 9.67. The fourth-order valence-electron chi connectivity index (χ4n) is 3.83. The summed E-state index contributed by atoms with van der Waals surface area (Å²) >= 11 is 11.5. The van der Waals surface area contributed by atoms with Crippen molar-refractivity contribution in [2.75, 3.05) is 6.54 Å². The number of rotatable bonds is 3. The maximum Gasteiger partial charge on any atom is 0.435 e. The van der Waals surface area contributed by atoms with E-state index in [1.807, 2.05) is 0 Å². The molecule has 0 saturated heterocycles. The Kier molecular flexibility index (Phi) is 5.75. The van der Waals surface area contributed by atoms with Crippen LogP contribution < -0.4 is 5.32 Å². The minimum Gasteiger partial charge on any atom is -0.372 e. The van der Waals surface area contributed by atoms with Crippen LogP contribution in [0.3, 0.4) is 0 Å². The summed E-state index contributed by atoms with van der Waals surface area (Å²) in [5.74, 6) is -1.16. The predicted octanol–water partition coefficient (Wildman–Crippen LogP) is 5.39. The molecule has 4 rings (SSSR count). The van der Waals surface area contributed by atoms with E-state index >= 15 is 0 Å². The van der Waals surface area contributed by atoms with Crippen molar-refractivity contribution >= 4 is 34.9 Å². The number of amidine groups is 1. The molecule has 11 heteroatoms. The number of hydrogen-bond acceptors (Lipinski definition) is 4. The van der Waals surface area contributed by atoms with E-state index in [1.54, 1.807) is 30.0 Å². The highest BCUT2D eigenvalue weighted by Crippen LogP contribution is 2.50. The zero-order valence-corrected chi connectivity index (χ0v) is 18.2. The molecule has 0 saturated carbocycles. The van der Waals surface area contributed by atoms with Crippen LogP contribution in [0.15, 0.2) is 35.5 Å². The van der Waals surface area contributed by atoms with Crippen LogP contribution in [0.5, 0.6) is 0 Å². The zero-order chi connectivity index (χ0) is 23.3. The molecule has 0 spiro atoms. The molecule has 0 fully saturated rings. The van der Waals surface area contributed by atoms with Gasteiger partial charge in [0.1, 0.15) is 5.84 Å². The summed E-state index contributed by atoms with van der Waals surface area (Å²) in [7, 11) is 0. The van der Waals surface area contributed by atoms with Crippen molar-refractivity contribution in [2.24, 2.45) is 5.16 Å². The molecule has 1 unspecified atom stereocenters. The van der Waals surface area contributed by atoms with Crippen LogP contribution in [0, 0.1) is 5.82 Å². The fourth-order valence-corrected chi connectivity index (χ4v) is 4.31. The lowest BCUT2D eigenvalue weighted by Crippen LogP contribution is -2.44. The van der Waals surface area contributed by atoms with Gasteiger partial charge in [0.2, 0.25) is 0 Å². The van der Waals surface area contributed by atoms with Gasteiger partial charge in [-0.2, -0.15) is 13.2 Å². The van der Waals surface area contributed by atoms with Gasteiger partial charge in [0.05, 0.1) is 16.5 Å². The standard InChI is InChI=1S/C21H17Cl2F4N3O2/c1-2-28-19(31)11-3-4-12-9-30(10-13(12)5-11)17-8-20(32-29-17,21(25,26)27)14-6-15(22)18(24)16(23)7-14/h3-7H,2,8-10H2,1H3,(H,28,31). The molecule has 0 bridgehead atoms. The first kappa shape index (κ1) is 22.7. The quantitative estimate of drug-likeness (QED) is 0.464. The van der Waals surface area contributed by atoms with Gasteiger partial charge >= 0.3 is 6.18 Å². The average Bonchev–Trinajstić information content (AvgIpc) is 3.36. The molecule has 0 aromatic heterocycles. The molecule has 2 aliphatic rings. The number of benzene rings is 2. The van der Waals surface area contributed by atoms with Crippen LogP contribution in [0.25, 0.3) is 0 Å². The first-order valence-corrected chi connectivity index (χ1v) is 10.4. The Hall–Kier alpha value is -2.52. The molecular formula is C21H17Cl2F4N3O2. The van der Waals surface area contributed by atoms with E-state index in [0.29, 0.717) is 18.7 Å². The minimum absolute atomic E-state index is 0.0784. The third-order valence-electron chi connectivity index (χ3n) is 5.52. The van der Waals surface area contributed by atoms with Gasteiger partial charge in [0.15, 0.2) is 5.82 Å². The number of alkyl halides is 3. The van der Waals surface area contributed by atoms with Gasteiger partial charge in [-0.15, -0.1) is 0 Å². The van der Waals surface area contributed by atoms with Crippen LogP contribution in [-0.2, 0) is 23.5 Å². The molecule has 5 nitrogen and oxygen atoms in total. The monoisotopic (exact) mass is 489 g/mol. The van der Waals surface area contributed by atoms with E-state index < -0.39 is 39.6 Å². The minimum atomic E-state index is -4.87. The molecule has 2 aliphatic heterocycles. The molecule has 0 aliphatic carbocycles. The van der Waals surface area contributed by atoms with Crippen molar-refractivity contribution in [1.29, 1.82) is 0 Å². The smallest absolute Gasteiger partial charge is 0.372 e. The number of oxime groups is 1. The molecule has 2 aromatic carbocycles. The second-order valence-corrected chi connectivity index (χ2v) is 8.37. The molecule has 1 atom stereocenters. The van der Waals surface area contributed by atoms with Crippen molar-refractivity contribution in [1.82, 2.24) is 10.2 Å². The van der Waals surface area contributed by atoms with Gasteiger partial charge in [0, 0.05) is 30.8 Å². The summed E-state index contributed by atoms with van der Waals surface area (Å²) in [6.07, 6.45) is -5.51. The van der Waals surface area contributed by atoms with Gasteiger partial charge in [-0.05, 0) is 42.3 Å². The molecule has 170 valence electrons. The molecule has 2 aromatic rings. The summed E-state index contributed by atoms with van der Waals surface area (Å²) in [6, 6.07) is 6.86. The Morgan fingerprint density at radius 1 is 1.19 bits per heavy atom. The summed E-state index contributed by atoms with van der Waals surface area (Å²) < 4.78 is 56.3. The predicted molar refractivity (Wildman–Crippen MR) is 111 cm³/mol. The van der Waals surface area contributed by atoms with Gasteiger partial charge in [-0.3, -0.25) is 4.79 Å². The molecular weight excluding hydrogens is 473 g/mol. The van der Waals surface area contributed by atoms with Gasteiger partial charge in [-0.1, -0.05) is 34.4 Å². The average molecular weight is 490 g/mol. The maximum absolute atomic E-state index is 14.2. The molecule has 32 heavy (non-hydrogen) atoms. The Balaban J connectivity index is 1.60. The summed E-state index contributed by atoms with van der Waals surface area (Å²) in [4.78, 5) is 18.7. The van der Waals surface area contributed by atoms with E-state index in [0.717, 1.165) is 23.3 Å². The number of hydrogen-bond donors (Lipinski definition) is 1.